The summed E-state index contributed by atoms with van der Waals surface area (Å²) in [7, 11) is 0. The molecule has 0 radical (unpaired) electrons. The molecule has 0 N–H and O–H groups in total. The van der Waals surface area contributed by atoms with Gasteiger partial charge in [0.1, 0.15) is 0 Å². The Balaban J connectivity index is 2.38. The van der Waals surface area contributed by atoms with E-state index in [1.807, 2.05) is 0 Å². The Morgan fingerprint density at radius 3 is 2.71 bits per heavy atom. The molecule has 0 fully saturated rings. The van der Waals surface area contributed by atoms with Crippen LogP contribution in [0.1, 0.15) is 30.9 Å². The number of aryl methyl sites for hydroxylation is 1. The van der Waals surface area contributed by atoms with Crippen molar-refractivity contribution in [3.63, 3.8) is 0 Å². The number of hydrogen-bond acceptors (Lipinski definition) is 1. The van der Waals surface area contributed by atoms with E-state index >= 15 is 0 Å². The predicted octanol–water partition coefficient (Wildman–Crippen LogP) is 5.08. The molecule has 1 atom stereocenters. The largest absolute Gasteiger partial charge is 0.162 e. The maximum Gasteiger partial charge on any atom is 0.00628 e. The number of thioether (sulfide) groups is 1. The second-order valence-electron chi connectivity index (χ2n) is 4.49. The molecule has 1 unspecified atom stereocenters. The van der Waals surface area contributed by atoms with Crippen LogP contribution in [0.25, 0.3) is 0 Å². The quantitative estimate of drug-likeness (QED) is 0.476. The minimum atomic E-state index is 0.786. The monoisotopic (exact) mass is 314 g/mol. The molecule has 0 heterocycles. The Kier molecular flexibility index (Phi) is 8.04. The molecular weight excluding hydrogens is 292 g/mol. The van der Waals surface area contributed by atoms with Crippen molar-refractivity contribution in [3.05, 3.63) is 35.4 Å². The lowest BCUT2D eigenvalue weighted by molar-refractivity contribution is 0.535. The number of rotatable bonds is 8. The molecule has 0 bridgehead atoms. The topological polar surface area (TPSA) is 0 Å². The number of benzene rings is 1. The first-order valence-corrected chi connectivity index (χ1v) is 8.73. The zero-order chi connectivity index (χ0) is 12.5. The minimum absolute atomic E-state index is 0.786. The fraction of sp³-hybridized carbons (Fsp3) is 0.600. The van der Waals surface area contributed by atoms with E-state index in [0.717, 1.165) is 11.2 Å². The summed E-state index contributed by atoms with van der Waals surface area (Å²) in [6, 6.07) is 8.76. The Hall–Kier alpha value is 0.0500. The predicted molar refractivity (Wildman–Crippen MR) is 84.4 cm³/mol. The molecule has 17 heavy (non-hydrogen) atoms. The lowest BCUT2D eigenvalue weighted by atomic mass is 9.94. The van der Waals surface area contributed by atoms with Gasteiger partial charge in [-0.15, -0.1) is 0 Å². The van der Waals surface area contributed by atoms with Crippen LogP contribution in [0.2, 0.25) is 0 Å². The van der Waals surface area contributed by atoms with Crippen molar-refractivity contribution in [2.75, 3.05) is 16.8 Å². The van der Waals surface area contributed by atoms with E-state index in [-0.39, 0.29) is 0 Å². The molecule has 0 aliphatic carbocycles. The fourth-order valence-corrected chi connectivity index (χ4v) is 3.21. The SMILES string of the molecule is CCSCCCC(CBr)Cc1ccccc1C. The summed E-state index contributed by atoms with van der Waals surface area (Å²) < 4.78 is 0. The molecule has 0 amide bonds. The molecular formula is C15H23BrS. The number of alkyl halides is 1. The van der Waals surface area contributed by atoms with E-state index in [1.165, 1.54) is 41.9 Å². The van der Waals surface area contributed by atoms with Gasteiger partial charge in [-0.2, -0.15) is 11.8 Å². The second-order valence-corrected chi connectivity index (χ2v) is 6.53. The van der Waals surface area contributed by atoms with Gasteiger partial charge in [-0.25, -0.2) is 0 Å². The lowest BCUT2D eigenvalue weighted by Crippen LogP contribution is -2.08. The zero-order valence-electron chi connectivity index (χ0n) is 10.9. The van der Waals surface area contributed by atoms with Crippen molar-refractivity contribution in [2.45, 2.75) is 33.1 Å². The van der Waals surface area contributed by atoms with Gasteiger partial charge in [0, 0.05) is 5.33 Å². The van der Waals surface area contributed by atoms with Crippen molar-refractivity contribution in [2.24, 2.45) is 5.92 Å². The molecule has 0 saturated heterocycles. The van der Waals surface area contributed by atoms with Gasteiger partial charge in [-0.1, -0.05) is 47.1 Å². The minimum Gasteiger partial charge on any atom is -0.162 e. The maximum atomic E-state index is 3.66. The smallest absolute Gasteiger partial charge is 0.00628 e. The molecule has 0 saturated carbocycles. The van der Waals surface area contributed by atoms with Gasteiger partial charge >= 0.3 is 0 Å². The third-order valence-electron chi connectivity index (χ3n) is 3.09. The molecule has 96 valence electrons. The Morgan fingerprint density at radius 2 is 2.06 bits per heavy atom. The average Bonchev–Trinajstić information content (AvgIpc) is 2.35. The summed E-state index contributed by atoms with van der Waals surface area (Å²) >= 11 is 5.71. The summed E-state index contributed by atoms with van der Waals surface area (Å²) in [6.07, 6.45) is 3.90. The van der Waals surface area contributed by atoms with Gasteiger partial charge < -0.3 is 0 Å². The van der Waals surface area contributed by atoms with Crippen molar-refractivity contribution >= 4 is 27.7 Å². The molecule has 1 aromatic carbocycles. The summed E-state index contributed by atoms with van der Waals surface area (Å²) in [6.45, 7) is 4.45. The Bertz CT molecular complexity index is 312. The summed E-state index contributed by atoms with van der Waals surface area (Å²) in [5, 5.41) is 1.12. The van der Waals surface area contributed by atoms with E-state index in [1.54, 1.807) is 0 Å². The first kappa shape index (κ1) is 15.1. The van der Waals surface area contributed by atoms with Crippen LogP contribution in [0.5, 0.6) is 0 Å². The molecule has 2 heteroatoms. The number of halogens is 1. The summed E-state index contributed by atoms with van der Waals surface area (Å²) in [4.78, 5) is 0. The highest BCUT2D eigenvalue weighted by Crippen LogP contribution is 2.20. The van der Waals surface area contributed by atoms with Crippen molar-refractivity contribution in [1.29, 1.82) is 0 Å². The first-order chi connectivity index (χ1) is 8.27. The van der Waals surface area contributed by atoms with Crippen LogP contribution in [0.15, 0.2) is 24.3 Å². The van der Waals surface area contributed by atoms with Gasteiger partial charge in [0.25, 0.3) is 0 Å². The Morgan fingerprint density at radius 1 is 1.29 bits per heavy atom. The van der Waals surface area contributed by atoms with Gasteiger partial charge in [-0.05, 0) is 54.7 Å². The van der Waals surface area contributed by atoms with Crippen LogP contribution in [-0.4, -0.2) is 16.8 Å². The standard InChI is InChI=1S/C15H23BrS/c1-3-17-10-6-8-14(12-16)11-15-9-5-4-7-13(15)2/h4-5,7,9,14H,3,6,8,10-12H2,1-2H3. The van der Waals surface area contributed by atoms with Gasteiger partial charge in [0.05, 0.1) is 0 Å². The van der Waals surface area contributed by atoms with Gasteiger partial charge in [0.15, 0.2) is 0 Å². The van der Waals surface area contributed by atoms with Crippen LogP contribution in [-0.2, 0) is 6.42 Å². The summed E-state index contributed by atoms with van der Waals surface area (Å²) in [5.74, 6) is 3.35. The molecule has 1 aromatic rings. The Labute approximate surface area is 119 Å². The van der Waals surface area contributed by atoms with Crippen molar-refractivity contribution in [3.8, 4) is 0 Å². The van der Waals surface area contributed by atoms with E-state index < -0.39 is 0 Å². The van der Waals surface area contributed by atoms with Crippen LogP contribution in [0.3, 0.4) is 0 Å². The van der Waals surface area contributed by atoms with Gasteiger partial charge in [0.2, 0.25) is 0 Å². The molecule has 1 rings (SSSR count). The zero-order valence-corrected chi connectivity index (χ0v) is 13.3. The van der Waals surface area contributed by atoms with Crippen molar-refractivity contribution in [1.82, 2.24) is 0 Å². The highest BCUT2D eigenvalue weighted by Gasteiger charge is 2.09. The third-order valence-corrected chi connectivity index (χ3v) is 4.99. The molecule has 0 aliphatic rings. The summed E-state index contributed by atoms with van der Waals surface area (Å²) in [5.41, 5.74) is 2.95. The third kappa shape index (κ3) is 5.96. The van der Waals surface area contributed by atoms with E-state index in [4.69, 9.17) is 0 Å². The van der Waals surface area contributed by atoms with Crippen molar-refractivity contribution < 1.29 is 0 Å². The van der Waals surface area contributed by atoms with Crippen LogP contribution in [0.4, 0.5) is 0 Å². The molecule has 0 aromatic heterocycles. The van der Waals surface area contributed by atoms with Crippen LogP contribution in [0, 0.1) is 12.8 Å². The van der Waals surface area contributed by atoms with E-state index in [2.05, 4.69) is 65.8 Å². The lowest BCUT2D eigenvalue weighted by Gasteiger charge is -2.15. The van der Waals surface area contributed by atoms with Crippen LogP contribution < -0.4 is 0 Å². The molecule has 0 spiro atoms. The van der Waals surface area contributed by atoms with E-state index in [9.17, 15) is 0 Å². The number of hydrogen-bond donors (Lipinski definition) is 0. The van der Waals surface area contributed by atoms with Gasteiger partial charge in [-0.3, -0.25) is 0 Å². The second kappa shape index (κ2) is 9.04. The highest BCUT2D eigenvalue weighted by atomic mass is 79.9. The average molecular weight is 315 g/mol. The van der Waals surface area contributed by atoms with E-state index in [0.29, 0.717) is 0 Å². The maximum absolute atomic E-state index is 3.66. The first-order valence-electron chi connectivity index (χ1n) is 6.46. The molecule has 0 aliphatic heterocycles. The fourth-order valence-electron chi connectivity index (χ4n) is 2.00. The van der Waals surface area contributed by atoms with Crippen LogP contribution >= 0.6 is 27.7 Å². The highest BCUT2D eigenvalue weighted by molar-refractivity contribution is 9.09. The normalized spacial score (nSPS) is 12.6. The molecule has 0 nitrogen and oxygen atoms in total.